The third-order valence-electron chi connectivity index (χ3n) is 0.955. The van der Waals surface area contributed by atoms with Gasteiger partial charge in [-0.3, -0.25) is 4.79 Å². The standard InChI is InChI=1S/C4H7NO2/c5-3-1-7-2-4(3)6/h3H,1-2,5H2/t3-/m0/s1. The number of Topliss-reactive ketones (excluding diaryl/α,β-unsaturated/α-hetero) is 1. The molecule has 2 N–H and O–H groups in total. The number of hydrogen-bond acceptors (Lipinski definition) is 3. The van der Waals surface area contributed by atoms with Crippen LogP contribution in [-0.4, -0.2) is 25.0 Å². The van der Waals surface area contributed by atoms with E-state index < -0.39 is 0 Å². The average Bonchev–Trinajstić information content (AvgIpc) is 1.91. The molecular weight excluding hydrogens is 94.0 g/mol. The molecular formula is C4H7NO2. The number of carbonyl (C=O) groups is 1. The molecule has 3 heteroatoms. The van der Waals surface area contributed by atoms with E-state index >= 15 is 0 Å². The van der Waals surface area contributed by atoms with E-state index in [-0.39, 0.29) is 18.4 Å². The van der Waals surface area contributed by atoms with Gasteiger partial charge < -0.3 is 10.5 Å². The van der Waals surface area contributed by atoms with Gasteiger partial charge in [0.2, 0.25) is 0 Å². The summed E-state index contributed by atoms with van der Waals surface area (Å²) in [6.45, 7) is 0.611. The van der Waals surface area contributed by atoms with Crippen LogP contribution in [0.15, 0.2) is 0 Å². The van der Waals surface area contributed by atoms with E-state index in [1.165, 1.54) is 0 Å². The zero-order chi connectivity index (χ0) is 5.28. The first-order valence-corrected chi connectivity index (χ1v) is 2.17. The van der Waals surface area contributed by atoms with Crippen LogP contribution in [0.25, 0.3) is 0 Å². The summed E-state index contributed by atoms with van der Waals surface area (Å²) >= 11 is 0. The number of rotatable bonds is 0. The zero-order valence-electron chi connectivity index (χ0n) is 3.89. The molecule has 1 saturated heterocycles. The van der Waals surface area contributed by atoms with Crippen LogP contribution < -0.4 is 5.73 Å². The highest BCUT2D eigenvalue weighted by molar-refractivity contribution is 5.86. The molecule has 0 radical (unpaired) electrons. The lowest BCUT2D eigenvalue weighted by atomic mass is 10.3. The molecule has 0 aliphatic carbocycles. The summed E-state index contributed by atoms with van der Waals surface area (Å²) in [5.41, 5.74) is 5.20. The van der Waals surface area contributed by atoms with Crippen molar-refractivity contribution in [1.29, 1.82) is 0 Å². The highest BCUT2D eigenvalue weighted by Crippen LogP contribution is 1.93. The van der Waals surface area contributed by atoms with Crippen LogP contribution in [0.5, 0.6) is 0 Å². The van der Waals surface area contributed by atoms with Crippen molar-refractivity contribution >= 4 is 5.78 Å². The maximum Gasteiger partial charge on any atom is 0.177 e. The lowest BCUT2D eigenvalue weighted by Gasteiger charge is -1.89. The van der Waals surface area contributed by atoms with Gasteiger partial charge in [0.15, 0.2) is 5.78 Å². The van der Waals surface area contributed by atoms with Crippen molar-refractivity contribution in [3.8, 4) is 0 Å². The maximum absolute atomic E-state index is 10.3. The number of hydrogen-bond donors (Lipinski definition) is 1. The Labute approximate surface area is 41.4 Å². The van der Waals surface area contributed by atoms with Crippen molar-refractivity contribution in [3.63, 3.8) is 0 Å². The quantitative estimate of drug-likeness (QED) is 0.422. The van der Waals surface area contributed by atoms with E-state index in [4.69, 9.17) is 10.5 Å². The van der Waals surface area contributed by atoms with Gasteiger partial charge in [0, 0.05) is 0 Å². The van der Waals surface area contributed by atoms with Crippen molar-refractivity contribution in [2.75, 3.05) is 13.2 Å². The second-order valence-corrected chi connectivity index (χ2v) is 1.59. The molecule has 1 aliphatic heterocycles. The van der Waals surface area contributed by atoms with Crippen molar-refractivity contribution in [2.24, 2.45) is 5.73 Å². The van der Waals surface area contributed by atoms with Gasteiger partial charge in [-0.05, 0) is 0 Å². The molecule has 1 atom stereocenters. The number of nitrogens with two attached hydrogens (primary N) is 1. The van der Waals surface area contributed by atoms with Gasteiger partial charge in [0.05, 0.1) is 12.6 Å². The highest BCUT2D eigenvalue weighted by atomic mass is 16.5. The summed E-state index contributed by atoms with van der Waals surface area (Å²) in [4.78, 5) is 10.3. The van der Waals surface area contributed by atoms with E-state index in [1.54, 1.807) is 0 Å². The molecule has 3 nitrogen and oxygen atoms in total. The third-order valence-corrected chi connectivity index (χ3v) is 0.955. The zero-order valence-corrected chi connectivity index (χ0v) is 3.89. The molecule has 0 aromatic rings. The molecule has 0 spiro atoms. The smallest absolute Gasteiger partial charge is 0.177 e. The Morgan fingerprint density at radius 2 is 2.57 bits per heavy atom. The van der Waals surface area contributed by atoms with Crippen LogP contribution in [0.3, 0.4) is 0 Å². The van der Waals surface area contributed by atoms with Crippen molar-refractivity contribution in [1.82, 2.24) is 0 Å². The number of ether oxygens (including phenoxy) is 1. The lowest BCUT2D eigenvalue weighted by Crippen LogP contribution is -2.27. The summed E-state index contributed by atoms with van der Waals surface area (Å²) < 4.78 is 4.69. The minimum Gasteiger partial charge on any atom is -0.372 e. The van der Waals surface area contributed by atoms with Crippen molar-refractivity contribution in [2.45, 2.75) is 6.04 Å². The predicted molar refractivity (Wildman–Crippen MR) is 23.8 cm³/mol. The van der Waals surface area contributed by atoms with Gasteiger partial charge in [-0.15, -0.1) is 0 Å². The van der Waals surface area contributed by atoms with Crippen LogP contribution in [0.1, 0.15) is 0 Å². The highest BCUT2D eigenvalue weighted by Gasteiger charge is 2.19. The topological polar surface area (TPSA) is 52.3 Å². The Balaban J connectivity index is 2.48. The third kappa shape index (κ3) is 0.783. The van der Waals surface area contributed by atoms with Crippen molar-refractivity contribution < 1.29 is 9.53 Å². The SMILES string of the molecule is N[C@H]1COCC1=O. The van der Waals surface area contributed by atoms with E-state index in [9.17, 15) is 4.79 Å². The summed E-state index contributed by atoms with van der Waals surface area (Å²) in [6, 6.07) is -0.347. The molecule has 0 bridgehead atoms. The van der Waals surface area contributed by atoms with Crippen LogP contribution in [0.4, 0.5) is 0 Å². The van der Waals surface area contributed by atoms with Crippen LogP contribution in [0.2, 0.25) is 0 Å². The largest absolute Gasteiger partial charge is 0.372 e. The van der Waals surface area contributed by atoms with Gasteiger partial charge in [0.1, 0.15) is 6.61 Å². The fourth-order valence-corrected chi connectivity index (χ4v) is 0.486. The molecule has 0 aromatic heterocycles. The summed E-state index contributed by atoms with van der Waals surface area (Å²) in [7, 11) is 0. The molecule has 0 saturated carbocycles. The molecule has 0 unspecified atom stereocenters. The molecule has 1 heterocycles. The molecule has 1 fully saturated rings. The number of carbonyl (C=O) groups excluding carboxylic acids is 1. The Morgan fingerprint density at radius 1 is 1.86 bits per heavy atom. The lowest BCUT2D eigenvalue weighted by molar-refractivity contribution is -0.118. The summed E-state index contributed by atoms with van der Waals surface area (Å²) in [5.74, 6) is 0.0139. The van der Waals surface area contributed by atoms with E-state index in [0.29, 0.717) is 6.61 Å². The molecule has 7 heavy (non-hydrogen) atoms. The summed E-state index contributed by atoms with van der Waals surface area (Å²) in [5, 5.41) is 0. The predicted octanol–water partition coefficient (Wildman–Crippen LogP) is -1.09. The summed E-state index contributed by atoms with van der Waals surface area (Å²) in [6.07, 6.45) is 0. The first-order chi connectivity index (χ1) is 3.30. The first kappa shape index (κ1) is 4.74. The second-order valence-electron chi connectivity index (χ2n) is 1.59. The van der Waals surface area contributed by atoms with E-state index in [2.05, 4.69) is 0 Å². The Kier molecular flexibility index (Phi) is 1.08. The molecule has 1 aliphatic rings. The number of ketones is 1. The van der Waals surface area contributed by atoms with Gasteiger partial charge in [-0.2, -0.15) is 0 Å². The fraction of sp³-hybridized carbons (Fsp3) is 0.750. The average molecular weight is 101 g/mol. The first-order valence-electron chi connectivity index (χ1n) is 2.17. The molecule has 0 aromatic carbocycles. The monoisotopic (exact) mass is 101 g/mol. The Morgan fingerprint density at radius 3 is 2.71 bits per heavy atom. The van der Waals surface area contributed by atoms with Gasteiger partial charge in [0.25, 0.3) is 0 Å². The minimum atomic E-state index is -0.347. The van der Waals surface area contributed by atoms with Crippen LogP contribution in [0, 0.1) is 0 Å². The molecule has 1 rings (SSSR count). The Bertz CT molecular complexity index is 91.7. The van der Waals surface area contributed by atoms with Gasteiger partial charge in [-0.25, -0.2) is 0 Å². The Hall–Kier alpha value is -0.410. The van der Waals surface area contributed by atoms with Gasteiger partial charge >= 0.3 is 0 Å². The minimum absolute atomic E-state index is 0.0139. The van der Waals surface area contributed by atoms with E-state index in [1.807, 2.05) is 0 Å². The second kappa shape index (κ2) is 1.60. The van der Waals surface area contributed by atoms with E-state index in [0.717, 1.165) is 0 Å². The van der Waals surface area contributed by atoms with Crippen molar-refractivity contribution in [3.05, 3.63) is 0 Å². The normalized spacial score (nSPS) is 31.6. The van der Waals surface area contributed by atoms with Crippen LogP contribution in [-0.2, 0) is 9.53 Å². The maximum atomic E-state index is 10.3. The fourth-order valence-electron chi connectivity index (χ4n) is 0.486. The molecule has 40 valence electrons. The van der Waals surface area contributed by atoms with Gasteiger partial charge in [-0.1, -0.05) is 0 Å². The van der Waals surface area contributed by atoms with Crippen LogP contribution >= 0.6 is 0 Å². The molecule has 0 amide bonds.